The summed E-state index contributed by atoms with van der Waals surface area (Å²) in [6.07, 6.45) is 2.07. The highest BCUT2D eigenvalue weighted by atomic mass is 35.5. The van der Waals surface area contributed by atoms with Gasteiger partial charge in [-0.2, -0.15) is 0 Å². The molecule has 0 unspecified atom stereocenters. The Morgan fingerprint density at radius 1 is 1.23 bits per heavy atom. The number of anilines is 1. The van der Waals surface area contributed by atoms with Crippen molar-refractivity contribution >= 4 is 23.3 Å². The summed E-state index contributed by atoms with van der Waals surface area (Å²) in [5, 5.41) is 8.42. The van der Waals surface area contributed by atoms with E-state index in [2.05, 4.69) is 4.98 Å². The third kappa shape index (κ3) is 2.62. The van der Waals surface area contributed by atoms with Gasteiger partial charge in [-0.25, -0.2) is 18.6 Å². The van der Waals surface area contributed by atoms with E-state index in [0.29, 0.717) is 25.2 Å². The average Bonchev–Trinajstić information content (AvgIpc) is 2.51. The summed E-state index contributed by atoms with van der Waals surface area (Å²) in [4.78, 5) is 16.6. The fourth-order valence-electron chi connectivity index (χ4n) is 2.50. The van der Waals surface area contributed by atoms with Gasteiger partial charge >= 0.3 is 5.97 Å². The van der Waals surface area contributed by atoms with E-state index in [9.17, 15) is 13.6 Å². The number of aromatic nitrogens is 1. The third-order valence-corrected chi connectivity index (χ3v) is 4.01. The van der Waals surface area contributed by atoms with Crippen LogP contribution < -0.4 is 4.90 Å². The van der Waals surface area contributed by atoms with Crippen LogP contribution in [0.15, 0.2) is 24.4 Å². The number of hydrogen-bond acceptors (Lipinski definition) is 3. The smallest absolute Gasteiger partial charge is 0.354 e. The van der Waals surface area contributed by atoms with Crippen molar-refractivity contribution in [3.05, 3.63) is 57.9 Å². The molecule has 2 heterocycles. The lowest BCUT2D eigenvalue weighted by Crippen LogP contribution is -2.31. The van der Waals surface area contributed by atoms with E-state index in [1.807, 2.05) is 0 Å². The molecule has 0 aliphatic carbocycles. The number of nitrogens with zero attached hydrogens (tertiary/aromatic N) is 2. The van der Waals surface area contributed by atoms with E-state index in [0.717, 1.165) is 11.1 Å². The number of halogens is 3. The second-order valence-electron chi connectivity index (χ2n) is 5.04. The number of aromatic carboxylic acids is 1. The van der Waals surface area contributed by atoms with Gasteiger partial charge in [-0.05, 0) is 35.7 Å². The molecule has 0 spiro atoms. The molecular weight excluding hydrogens is 314 g/mol. The van der Waals surface area contributed by atoms with Gasteiger partial charge in [-0.3, -0.25) is 0 Å². The van der Waals surface area contributed by atoms with E-state index >= 15 is 0 Å². The van der Waals surface area contributed by atoms with Gasteiger partial charge < -0.3 is 10.0 Å². The first-order valence-electron chi connectivity index (χ1n) is 6.56. The number of carboxylic acid groups (broad SMARTS) is 1. The maximum atomic E-state index is 13.6. The van der Waals surface area contributed by atoms with Gasteiger partial charge in [0.2, 0.25) is 0 Å². The predicted octanol–water partition coefficient (Wildman–Crippen LogP) is 3.27. The minimum absolute atomic E-state index is 0.00391. The quantitative estimate of drug-likeness (QED) is 0.861. The Bertz CT molecular complexity index is 744. The Morgan fingerprint density at radius 3 is 2.55 bits per heavy atom. The van der Waals surface area contributed by atoms with Crippen LogP contribution in [0.5, 0.6) is 0 Å². The lowest BCUT2D eigenvalue weighted by Gasteiger charge is -2.30. The standard InChI is InChI=1S/C15H11ClF2N2O2/c16-14-11(17)4-10(5-12(14)18)20-2-1-8-3-13(15(21)22)19-6-9(8)7-20/h3-6H,1-2,7H2,(H,21,22). The Kier molecular flexibility index (Phi) is 3.70. The molecule has 7 heteroatoms. The molecule has 1 aliphatic heterocycles. The van der Waals surface area contributed by atoms with Gasteiger partial charge in [0.05, 0.1) is 0 Å². The molecule has 0 radical (unpaired) electrons. The van der Waals surface area contributed by atoms with Crippen LogP contribution in [-0.2, 0) is 13.0 Å². The first-order chi connectivity index (χ1) is 10.5. The molecule has 1 aromatic heterocycles. The zero-order valence-electron chi connectivity index (χ0n) is 11.3. The number of benzene rings is 1. The highest BCUT2D eigenvalue weighted by molar-refractivity contribution is 6.30. The van der Waals surface area contributed by atoms with Crippen LogP contribution >= 0.6 is 11.6 Å². The van der Waals surface area contributed by atoms with E-state index in [-0.39, 0.29) is 5.69 Å². The molecule has 1 N–H and O–H groups in total. The van der Waals surface area contributed by atoms with Crippen molar-refractivity contribution in [3.63, 3.8) is 0 Å². The van der Waals surface area contributed by atoms with Gasteiger partial charge in [-0.1, -0.05) is 11.6 Å². The molecule has 0 saturated heterocycles. The summed E-state index contributed by atoms with van der Waals surface area (Å²) < 4.78 is 27.1. The lowest BCUT2D eigenvalue weighted by molar-refractivity contribution is 0.0690. The van der Waals surface area contributed by atoms with Crippen molar-refractivity contribution in [3.8, 4) is 0 Å². The van der Waals surface area contributed by atoms with Gasteiger partial charge in [0, 0.05) is 25.0 Å². The van der Waals surface area contributed by atoms with Gasteiger partial charge in [0.25, 0.3) is 0 Å². The summed E-state index contributed by atoms with van der Waals surface area (Å²) >= 11 is 5.48. The normalized spacial score (nSPS) is 13.9. The van der Waals surface area contributed by atoms with Crippen molar-refractivity contribution in [2.75, 3.05) is 11.4 Å². The minimum atomic E-state index is -1.08. The first-order valence-corrected chi connectivity index (χ1v) is 6.94. The molecule has 0 saturated carbocycles. The van der Waals surface area contributed by atoms with Crippen LogP contribution in [0.2, 0.25) is 5.02 Å². The molecule has 3 rings (SSSR count). The highest BCUT2D eigenvalue weighted by Crippen LogP contribution is 2.29. The van der Waals surface area contributed by atoms with E-state index in [4.69, 9.17) is 16.7 Å². The number of fused-ring (bicyclic) bond motifs is 1. The predicted molar refractivity (Wildman–Crippen MR) is 77.3 cm³/mol. The summed E-state index contributed by atoms with van der Waals surface area (Å²) in [6, 6.07) is 3.92. The topological polar surface area (TPSA) is 53.4 Å². The van der Waals surface area contributed by atoms with Gasteiger partial charge in [0.15, 0.2) is 0 Å². The fraction of sp³-hybridized carbons (Fsp3) is 0.200. The molecule has 0 amide bonds. The molecule has 4 nitrogen and oxygen atoms in total. The molecule has 1 aliphatic rings. The van der Waals surface area contributed by atoms with Crippen molar-refractivity contribution in [2.24, 2.45) is 0 Å². The number of pyridine rings is 1. The van der Waals surface area contributed by atoms with Crippen LogP contribution in [-0.4, -0.2) is 22.6 Å². The SMILES string of the molecule is O=C(O)c1cc2c(cn1)CN(c1cc(F)c(Cl)c(F)c1)CC2. The highest BCUT2D eigenvalue weighted by Gasteiger charge is 2.20. The second kappa shape index (κ2) is 5.53. The average molecular weight is 325 g/mol. The monoisotopic (exact) mass is 324 g/mol. The van der Waals surface area contributed by atoms with E-state index < -0.39 is 22.6 Å². The lowest BCUT2D eigenvalue weighted by atomic mass is 10.0. The molecule has 114 valence electrons. The van der Waals surface area contributed by atoms with Crippen molar-refractivity contribution in [1.82, 2.24) is 4.98 Å². The van der Waals surface area contributed by atoms with E-state index in [1.165, 1.54) is 24.4 Å². The Balaban J connectivity index is 1.90. The summed E-state index contributed by atoms with van der Waals surface area (Å²) in [7, 11) is 0. The maximum Gasteiger partial charge on any atom is 0.354 e. The third-order valence-electron chi connectivity index (χ3n) is 3.65. The molecule has 0 atom stereocenters. The summed E-state index contributed by atoms with van der Waals surface area (Å²) in [6.45, 7) is 0.930. The Labute approximate surface area is 130 Å². The van der Waals surface area contributed by atoms with Crippen LogP contribution in [0, 0.1) is 11.6 Å². The van der Waals surface area contributed by atoms with Crippen LogP contribution in [0.3, 0.4) is 0 Å². The molecule has 22 heavy (non-hydrogen) atoms. The zero-order chi connectivity index (χ0) is 15.9. The number of hydrogen-bond donors (Lipinski definition) is 1. The maximum absolute atomic E-state index is 13.6. The summed E-state index contributed by atoms with van der Waals surface area (Å²) in [5.74, 6) is -2.68. The van der Waals surface area contributed by atoms with Gasteiger partial charge in [0.1, 0.15) is 22.4 Å². The molecule has 1 aromatic carbocycles. The fourth-order valence-corrected chi connectivity index (χ4v) is 2.61. The van der Waals surface area contributed by atoms with Crippen molar-refractivity contribution < 1.29 is 18.7 Å². The molecular formula is C15H11ClF2N2O2. The Morgan fingerprint density at radius 2 is 1.91 bits per heavy atom. The summed E-state index contributed by atoms with van der Waals surface area (Å²) in [5.41, 5.74) is 2.12. The van der Waals surface area contributed by atoms with Crippen LogP contribution in [0.1, 0.15) is 21.6 Å². The minimum Gasteiger partial charge on any atom is -0.477 e. The second-order valence-corrected chi connectivity index (χ2v) is 5.42. The largest absolute Gasteiger partial charge is 0.477 e. The van der Waals surface area contributed by atoms with Gasteiger partial charge in [-0.15, -0.1) is 0 Å². The van der Waals surface area contributed by atoms with Crippen LogP contribution in [0.25, 0.3) is 0 Å². The van der Waals surface area contributed by atoms with E-state index in [1.54, 1.807) is 4.90 Å². The zero-order valence-corrected chi connectivity index (χ0v) is 12.1. The van der Waals surface area contributed by atoms with Crippen molar-refractivity contribution in [1.29, 1.82) is 0 Å². The van der Waals surface area contributed by atoms with Crippen molar-refractivity contribution in [2.45, 2.75) is 13.0 Å². The number of carbonyl (C=O) groups is 1. The Hall–Kier alpha value is -2.21. The van der Waals surface area contributed by atoms with Crippen LogP contribution in [0.4, 0.5) is 14.5 Å². The number of carboxylic acids is 1. The molecule has 2 aromatic rings. The molecule has 0 fully saturated rings. The molecule has 0 bridgehead atoms. The first kappa shape index (κ1) is 14.7. The number of rotatable bonds is 2.